The van der Waals surface area contributed by atoms with E-state index in [1.165, 1.54) is 18.2 Å². The molecular weight excluding hydrogens is 381 g/mol. The molecule has 2 aromatic carbocycles. The highest BCUT2D eigenvalue weighted by Crippen LogP contribution is 2.31. The van der Waals surface area contributed by atoms with Crippen LogP contribution in [0.25, 0.3) is 5.69 Å². The van der Waals surface area contributed by atoms with Crippen molar-refractivity contribution in [3.8, 4) is 5.69 Å². The molecule has 4 rings (SSSR count). The van der Waals surface area contributed by atoms with Gasteiger partial charge in [0.15, 0.2) is 5.69 Å². The number of fused-ring (bicyclic) bond motifs is 1. The maximum Gasteiger partial charge on any atom is 0.417 e. The molecule has 5 nitrogen and oxygen atoms in total. The van der Waals surface area contributed by atoms with E-state index >= 15 is 0 Å². The van der Waals surface area contributed by atoms with Crippen molar-refractivity contribution in [1.82, 2.24) is 15.2 Å². The quantitative estimate of drug-likeness (QED) is 0.530. The number of carbonyl (C=O) groups is 1. The Hall–Kier alpha value is -3.42. The van der Waals surface area contributed by atoms with E-state index in [1.54, 1.807) is 4.68 Å². The van der Waals surface area contributed by atoms with E-state index in [2.05, 4.69) is 15.6 Å². The molecule has 1 amide bonds. The summed E-state index contributed by atoms with van der Waals surface area (Å²) in [6, 6.07) is 14.5. The Morgan fingerprint density at radius 1 is 1.07 bits per heavy atom. The van der Waals surface area contributed by atoms with Gasteiger partial charge in [-0.3, -0.25) is 4.79 Å². The Morgan fingerprint density at radius 3 is 2.55 bits per heavy atom. The number of hydrazone groups is 1. The third-order valence-electron chi connectivity index (χ3n) is 4.78. The topological polar surface area (TPSA) is 59.3 Å². The minimum atomic E-state index is -4.50. The molecule has 1 N–H and O–H groups in total. The number of aromatic nitrogens is 2. The van der Waals surface area contributed by atoms with Crippen molar-refractivity contribution in [3.63, 3.8) is 0 Å². The Labute approximate surface area is 164 Å². The number of nitrogens with one attached hydrogen (secondary N) is 1. The lowest BCUT2D eigenvalue weighted by molar-refractivity contribution is -0.137. The van der Waals surface area contributed by atoms with Crippen LogP contribution in [0.5, 0.6) is 0 Å². The first-order chi connectivity index (χ1) is 13.9. The van der Waals surface area contributed by atoms with Crippen molar-refractivity contribution in [2.24, 2.45) is 5.10 Å². The number of nitrogens with zero attached hydrogens (tertiary/aromatic N) is 3. The summed E-state index contributed by atoms with van der Waals surface area (Å²) in [5.74, 6) is -0.543. The predicted octanol–water partition coefficient (Wildman–Crippen LogP) is 4.14. The van der Waals surface area contributed by atoms with E-state index in [9.17, 15) is 18.0 Å². The second-order valence-corrected chi connectivity index (χ2v) is 6.66. The second kappa shape index (κ2) is 7.54. The van der Waals surface area contributed by atoms with Crippen LogP contribution >= 0.6 is 0 Å². The highest BCUT2D eigenvalue weighted by Gasteiger charge is 2.32. The summed E-state index contributed by atoms with van der Waals surface area (Å²) in [4.78, 5) is 12.6. The summed E-state index contributed by atoms with van der Waals surface area (Å²) >= 11 is 0. The molecule has 0 bridgehead atoms. The molecule has 29 heavy (non-hydrogen) atoms. The van der Waals surface area contributed by atoms with Crippen molar-refractivity contribution in [1.29, 1.82) is 0 Å². The van der Waals surface area contributed by atoms with E-state index in [4.69, 9.17) is 0 Å². The summed E-state index contributed by atoms with van der Waals surface area (Å²) in [5.41, 5.74) is 4.31. The summed E-state index contributed by atoms with van der Waals surface area (Å²) in [6.45, 7) is 0. The molecule has 0 saturated carbocycles. The zero-order chi connectivity index (χ0) is 20.4. The third-order valence-corrected chi connectivity index (χ3v) is 4.78. The molecule has 0 fully saturated rings. The van der Waals surface area contributed by atoms with Gasteiger partial charge in [-0.2, -0.15) is 23.4 Å². The molecule has 0 atom stereocenters. The van der Waals surface area contributed by atoms with Crippen molar-refractivity contribution < 1.29 is 18.0 Å². The van der Waals surface area contributed by atoms with Gasteiger partial charge in [0.1, 0.15) is 0 Å². The Kier molecular flexibility index (Phi) is 4.92. The SMILES string of the molecule is O=C(N/N=C/c1ccccc1C(F)(F)F)c1nn(-c2ccccc2)c2c1CCC2. The molecule has 1 heterocycles. The number of benzene rings is 2. The van der Waals surface area contributed by atoms with E-state index in [0.717, 1.165) is 48.5 Å². The predicted molar refractivity (Wildman–Crippen MR) is 102 cm³/mol. The first-order valence-electron chi connectivity index (χ1n) is 9.11. The lowest BCUT2D eigenvalue weighted by Gasteiger charge is -2.09. The van der Waals surface area contributed by atoms with Gasteiger partial charge in [-0.05, 0) is 37.5 Å². The van der Waals surface area contributed by atoms with Crippen LogP contribution in [0.2, 0.25) is 0 Å². The van der Waals surface area contributed by atoms with E-state index < -0.39 is 17.6 Å². The number of para-hydroxylation sites is 1. The number of alkyl halides is 3. The van der Waals surface area contributed by atoms with Crippen molar-refractivity contribution in [2.75, 3.05) is 0 Å². The van der Waals surface area contributed by atoms with Gasteiger partial charge >= 0.3 is 6.18 Å². The summed E-state index contributed by atoms with van der Waals surface area (Å²) in [5, 5.41) is 8.16. The van der Waals surface area contributed by atoms with Gasteiger partial charge < -0.3 is 0 Å². The highest BCUT2D eigenvalue weighted by molar-refractivity contribution is 5.95. The summed E-state index contributed by atoms with van der Waals surface area (Å²) in [6.07, 6.45) is -1.04. The zero-order valence-corrected chi connectivity index (χ0v) is 15.3. The van der Waals surface area contributed by atoms with Crippen LogP contribution in [-0.4, -0.2) is 21.9 Å². The molecule has 1 aliphatic carbocycles. The molecule has 3 aromatic rings. The zero-order valence-electron chi connectivity index (χ0n) is 15.3. The highest BCUT2D eigenvalue weighted by atomic mass is 19.4. The first kappa shape index (κ1) is 18.9. The maximum atomic E-state index is 13.1. The van der Waals surface area contributed by atoms with Gasteiger partial charge in [-0.15, -0.1) is 0 Å². The van der Waals surface area contributed by atoms with Gasteiger partial charge in [0, 0.05) is 16.8 Å². The molecule has 0 unspecified atom stereocenters. The first-order valence-corrected chi connectivity index (χ1v) is 9.11. The lowest BCUT2D eigenvalue weighted by Crippen LogP contribution is -2.20. The minimum absolute atomic E-state index is 0.125. The molecule has 148 valence electrons. The van der Waals surface area contributed by atoms with Gasteiger partial charge in [0.25, 0.3) is 5.91 Å². The van der Waals surface area contributed by atoms with Crippen LogP contribution in [0.4, 0.5) is 13.2 Å². The number of carbonyl (C=O) groups excluding carboxylic acids is 1. The van der Waals surface area contributed by atoms with Gasteiger partial charge in [-0.1, -0.05) is 36.4 Å². The minimum Gasteiger partial charge on any atom is -0.265 e. The Bertz CT molecular complexity index is 1070. The largest absolute Gasteiger partial charge is 0.417 e. The average molecular weight is 398 g/mol. The summed E-state index contributed by atoms with van der Waals surface area (Å²) < 4.78 is 40.9. The normalized spacial score (nSPS) is 13.6. The van der Waals surface area contributed by atoms with Crippen LogP contribution in [0.3, 0.4) is 0 Å². The average Bonchev–Trinajstić information content (AvgIpc) is 3.31. The Morgan fingerprint density at radius 2 is 1.79 bits per heavy atom. The Balaban J connectivity index is 1.57. The number of amides is 1. The maximum absolute atomic E-state index is 13.1. The van der Waals surface area contributed by atoms with Crippen molar-refractivity contribution in [2.45, 2.75) is 25.4 Å². The van der Waals surface area contributed by atoms with Crippen molar-refractivity contribution >= 4 is 12.1 Å². The summed E-state index contributed by atoms with van der Waals surface area (Å²) in [7, 11) is 0. The molecule has 0 spiro atoms. The smallest absolute Gasteiger partial charge is 0.265 e. The van der Waals surface area contributed by atoms with Crippen LogP contribution < -0.4 is 5.43 Å². The molecule has 1 aromatic heterocycles. The van der Waals surface area contributed by atoms with Crippen LogP contribution in [0.15, 0.2) is 59.7 Å². The molecule has 0 radical (unpaired) electrons. The fourth-order valence-corrected chi connectivity index (χ4v) is 3.48. The second-order valence-electron chi connectivity index (χ2n) is 6.66. The van der Waals surface area contributed by atoms with Crippen LogP contribution in [0, 0.1) is 0 Å². The molecule has 0 aliphatic heterocycles. The number of halogens is 3. The number of hydrogen-bond donors (Lipinski definition) is 1. The van der Waals surface area contributed by atoms with Gasteiger partial charge in [-0.25, -0.2) is 10.1 Å². The van der Waals surface area contributed by atoms with E-state index in [-0.39, 0.29) is 11.3 Å². The van der Waals surface area contributed by atoms with Gasteiger partial charge in [0.05, 0.1) is 17.5 Å². The fraction of sp³-hybridized carbons (Fsp3) is 0.190. The van der Waals surface area contributed by atoms with E-state index in [0.29, 0.717) is 0 Å². The van der Waals surface area contributed by atoms with E-state index in [1.807, 2.05) is 30.3 Å². The van der Waals surface area contributed by atoms with Crippen molar-refractivity contribution in [3.05, 3.63) is 82.7 Å². The molecule has 0 saturated heterocycles. The fourth-order valence-electron chi connectivity index (χ4n) is 3.48. The molecule has 1 aliphatic rings. The van der Waals surface area contributed by atoms with Gasteiger partial charge in [0.2, 0.25) is 0 Å². The van der Waals surface area contributed by atoms with Crippen LogP contribution in [-0.2, 0) is 19.0 Å². The molecule has 8 heteroatoms. The van der Waals surface area contributed by atoms with Crippen LogP contribution in [0.1, 0.15) is 39.3 Å². The number of hydrogen-bond acceptors (Lipinski definition) is 3. The molecular formula is C21H17F3N4O. The standard InChI is InChI=1S/C21H17F3N4O/c22-21(23,24)17-11-5-4-7-14(17)13-25-26-20(29)19-16-10-6-12-18(16)28(27-19)15-8-2-1-3-9-15/h1-5,7-9,11,13H,6,10,12H2,(H,26,29)/b25-13+. The number of rotatable bonds is 4. The monoisotopic (exact) mass is 398 g/mol. The lowest BCUT2D eigenvalue weighted by atomic mass is 10.1. The third kappa shape index (κ3) is 3.78.